The van der Waals surface area contributed by atoms with Crippen LogP contribution in [0, 0.1) is 5.92 Å². The Kier molecular flexibility index (Phi) is 8.21. The summed E-state index contributed by atoms with van der Waals surface area (Å²) in [5, 5.41) is 13.7. The number of carboxylic acids is 1. The number of alkyl carbamates (subject to hydrolysis) is 1. The lowest BCUT2D eigenvalue weighted by Crippen LogP contribution is -2.53. The zero-order chi connectivity index (χ0) is 19.1. The van der Waals surface area contributed by atoms with Crippen molar-refractivity contribution >= 4 is 23.9 Å². The molecule has 5 N–H and O–H groups in total. The molecule has 0 aromatic carbocycles. The zero-order valence-corrected chi connectivity index (χ0v) is 14.7. The summed E-state index contributed by atoms with van der Waals surface area (Å²) in [6, 6.07) is -2.44. The number of nitrogens with one attached hydrogen (secondary N) is 2. The van der Waals surface area contributed by atoms with Gasteiger partial charge < -0.3 is 26.2 Å². The second kappa shape index (κ2) is 9.09. The molecule has 0 spiro atoms. The summed E-state index contributed by atoms with van der Waals surface area (Å²) < 4.78 is 5.02. The minimum absolute atomic E-state index is 0.0276. The van der Waals surface area contributed by atoms with Gasteiger partial charge in [-0.2, -0.15) is 0 Å². The van der Waals surface area contributed by atoms with Crippen molar-refractivity contribution in [3.8, 4) is 0 Å². The number of rotatable bonds is 8. The standard InChI is InChI=1S/C15H27N3O6/c1-8(2)6-10(13(21)22)17-12(20)9(7-11(16)19)18-14(23)24-15(3,4)5/h8-10H,6-7H2,1-5H3,(H2,16,19)(H,17,20)(H,18,23)(H,21,22). The van der Waals surface area contributed by atoms with Gasteiger partial charge in [0.1, 0.15) is 17.7 Å². The number of hydrogen-bond donors (Lipinski definition) is 4. The summed E-state index contributed by atoms with van der Waals surface area (Å²) in [6.45, 7) is 8.53. The van der Waals surface area contributed by atoms with E-state index in [9.17, 15) is 19.2 Å². The van der Waals surface area contributed by atoms with Crippen LogP contribution in [-0.2, 0) is 19.1 Å². The van der Waals surface area contributed by atoms with Gasteiger partial charge in [-0.3, -0.25) is 9.59 Å². The van der Waals surface area contributed by atoms with Gasteiger partial charge in [-0.25, -0.2) is 9.59 Å². The first kappa shape index (κ1) is 21.7. The summed E-state index contributed by atoms with van der Waals surface area (Å²) in [6.07, 6.45) is -1.17. The third kappa shape index (κ3) is 9.65. The summed E-state index contributed by atoms with van der Waals surface area (Å²) in [7, 11) is 0. The highest BCUT2D eigenvalue weighted by Gasteiger charge is 2.29. The van der Waals surface area contributed by atoms with Crippen molar-refractivity contribution in [2.45, 2.75) is 65.1 Å². The second-order valence-corrected chi connectivity index (χ2v) is 6.90. The van der Waals surface area contributed by atoms with E-state index in [0.29, 0.717) is 0 Å². The van der Waals surface area contributed by atoms with E-state index in [1.165, 1.54) is 0 Å². The number of primary amides is 1. The molecule has 0 aliphatic rings. The highest BCUT2D eigenvalue weighted by Crippen LogP contribution is 2.08. The van der Waals surface area contributed by atoms with Gasteiger partial charge in [-0.1, -0.05) is 13.8 Å². The topological polar surface area (TPSA) is 148 Å². The number of aliphatic carboxylic acids is 1. The normalized spacial score (nSPS) is 13.8. The molecule has 0 aliphatic carbocycles. The minimum atomic E-state index is -1.31. The monoisotopic (exact) mass is 345 g/mol. The molecule has 0 heterocycles. The molecule has 0 saturated heterocycles. The second-order valence-electron chi connectivity index (χ2n) is 6.90. The van der Waals surface area contributed by atoms with Crippen LogP contribution in [0.5, 0.6) is 0 Å². The van der Waals surface area contributed by atoms with Gasteiger partial charge in [0.25, 0.3) is 0 Å². The van der Waals surface area contributed by atoms with E-state index in [1.54, 1.807) is 20.8 Å². The van der Waals surface area contributed by atoms with Gasteiger partial charge in [0.05, 0.1) is 6.42 Å². The number of amides is 3. The van der Waals surface area contributed by atoms with E-state index in [1.807, 2.05) is 13.8 Å². The van der Waals surface area contributed by atoms with Crippen molar-refractivity contribution in [2.75, 3.05) is 0 Å². The van der Waals surface area contributed by atoms with Gasteiger partial charge in [-0.05, 0) is 33.1 Å². The molecule has 0 aromatic rings. The number of carbonyl (C=O) groups is 4. The van der Waals surface area contributed by atoms with Crippen molar-refractivity contribution in [2.24, 2.45) is 11.7 Å². The highest BCUT2D eigenvalue weighted by atomic mass is 16.6. The van der Waals surface area contributed by atoms with Gasteiger partial charge in [0, 0.05) is 0 Å². The van der Waals surface area contributed by atoms with E-state index < -0.39 is 48.0 Å². The summed E-state index contributed by atoms with van der Waals surface area (Å²) in [5.74, 6) is -2.80. The van der Waals surface area contributed by atoms with Crippen LogP contribution < -0.4 is 16.4 Å². The molecular weight excluding hydrogens is 318 g/mol. The molecule has 9 heteroatoms. The molecule has 0 aromatic heterocycles. The number of carboxylic acid groups (broad SMARTS) is 1. The van der Waals surface area contributed by atoms with E-state index in [-0.39, 0.29) is 12.3 Å². The van der Waals surface area contributed by atoms with Crippen molar-refractivity contribution in [3.05, 3.63) is 0 Å². The fraction of sp³-hybridized carbons (Fsp3) is 0.733. The maximum Gasteiger partial charge on any atom is 0.408 e. The van der Waals surface area contributed by atoms with E-state index in [4.69, 9.17) is 15.6 Å². The predicted molar refractivity (Wildman–Crippen MR) is 86.0 cm³/mol. The predicted octanol–water partition coefficient (Wildman–Crippen LogP) is 0.371. The third-order valence-corrected chi connectivity index (χ3v) is 2.73. The lowest BCUT2D eigenvalue weighted by atomic mass is 10.0. The molecule has 0 radical (unpaired) electrons. The average molecular weight is 345 g/mol. The molecule has 24 heavy (non-hydrogen) atoms. The van der Waals surface area contributed by atoms with Crippen LogP contribution in [0.3, 0.4) is 0 Å². The highest BCUT2D eigenvalue weighted by molar-refractivity contribution is 5.92. The first-order chi connectivity index (χ1) is 10.8. The summed E-state index contributed by atoms with van der Waals surface area (Å²) >= 11 is 0. The molecule has 9 nitrogen and oxygen atoms in total. The lowest BCUT2D eigenvalue weighted by Gasteiger charge is -2.24. The van der Waals surface area contributed by atoms with Gasteiger partial charge in [-0.15, -0.1) is 0 Å². The van der Waals surface area contributed by atoms with E-state index in [0.717, 1.165) is 0 Å². The lowest BCUT2D eigenvalue weighted by molar-refractivity contribution is -0.142. The molecule has 0 aliphatic heterocycles. The van der Waals surface area contributed by atoms with Crippen LogP contribution in [0.25, 0.3) is 0 Å². The maximum atomic E-state index is 12.2. The number of ether oxygens (including phenoxy) is 1. The average Bonchev–Trinajstić information content (AvgIpc) is 2.33. The van der Waals surface area contributed by atoms with Crippen LogP contribution in [0.15, 0.2) is 0 Å². The van der Waals surface area contributed by atoms with E-state index >= 15 is 0 Å². The molecule has 0 rings (SSSR count). The molecule has 2 unspecified atom stereocenters. The molecule has 0 bridgehead atoms. The largest absolute Gasteiger partial charge is 0.480 e. The Balaban J connectivity index is 5.02. The fourth-order valence-electron chi connectivity index (χ4n) is 1.83. The van der Waals surface area contributed by atoms with Crippen molar-refractivity contribution < 1.29 is 29.0 Å². The van der Waals surface area contributed by atoms with E-state index in [2.05, 4.69) is 10.6 Å². The summed E-state index contributed by atoms with van der Waals surface area (Å²) in [5.41, 5.74) is 4.29. The van der Waals surface area contributed by atoms with Gasteiger partial charge in [0.15, 0.2) is 0 Å². The Morgan fingerprint density at radius 2 is 1.62 bits per heavy atom. The summed E-state index contributed by atoms with van der Waals surface area (Å²) in [4.78, 5) is 46.3. The Labute approximate surface area is 141 Å². The first-order valence-corrected chi connectivity index (χ1v) is 7.62. The third-order valence-electron chi connectivity index (χ3n) is 2.73. The fourth-order valence-corrected chi connectivity index (χ4v) is 1.83. The van der Waals surface area contributed by atoms with Crippen LogP contribution in [0.1, 0.15) is 47.5 Å². The molecule has 0 fully saturated rings. The van der Waals surface area contributed by atoms with Crippen molar-refractivity contribution in [3.63, 3.8) is 0 Å². The molecule has 0 saturated carbocycles. The Morgan fingerprint density at radius 3 is 2.00 bits per heavy atom. The van der Waals surface area contributed by atoms with Crippen molar-refractivity contribution in [1.82, 2.24) is 10.6 Å². The van der Waals surface area contributed by atoms with Crippen LogP contribution in [0.2, 0.25) is 0 Å². The molecule has 138 valence electrons. The molecule has 3 amide bonds. The first-order valence-electron chi connectivity index (χ1n) is 7.62. The SMILES string of the molecule is CC(C)CC(NC(=O)C(CC(N)=O)NC(=O)OC(C)(C)C)C(=O)O. The zero-order valence-electron chi connectivity index (χ0n) is 14.7. The number of nitrogens with two attached hydrogens (primary N) is 1. The molecule has 2 atom stereocenters. The smallest absolute Gasteiger partial charge is 0.408 e. The van der Waals surface area contributed by atoms with Gasteiger partial charge in [0.2, 0.25) is 11.8 Å². The Hall–Kier alpha value is -2.32. The maximum absolute atomic E-state index is 12.2. The molecular formula is C15H27N3O6. The van der Waals surface area contributed by atoms with Crippen molar-refractivity contribution in [1.29, 1.82) is 0 Å². The van der Waals surface area contributed by atoms with Gasteiger partial charge >= 0.3 is 12.1 Å². The minimum Gasteiger partial charge on any atom is -0.480 e. The Bertz CT molecular complexity index is 484. The van der Waals surface area contributed by atoms with Crippen LogP contribution >= 0.6 is 0 Å². The Morgan fingerprint density at radius 1 is 1.08 bits per heavy atom. The number of hydrogen-bond acceptors (Lipinski definition) is 5. The van der Waals surface area contributed by atoms with Crippen LogP contribution in [0.4, 0.5) is 4.79 Å². The van der Waals surface area contributed by atoms with Crippen LogP contribution in [-0.4, -0.2) is 46.7 Å². The number of carbonyl (C=O) groups excluding carboxylic acids is 3. The quantitative estimate of drug-likeness (QED) is 0.499.